The van der Waals surface area contributed by atoms with E-state index in [4.69, 9.17) is 11.5 Å². The number of nitrogen functional groups attached to an aromatic ring is 1. The summed E-state index contributed by atoms with van der Waals surface area (Å²) in [5.74, 6) is 0. The normalized spacial score (nSPS) is 10.0. The van der Waals surface area contributed by atoms with E-state index in [1.165, 1.54) is 5.56 Å². The SMILES string of the molecule is NCCc1ccc(N)c(Br)c1. The predicted molar refractivity (Wildman–Crippen MR) is 51.3 cm³/mol. The molecule has 4 N–H and O–H groups in total. The molecule has 0 saturated carbocycles. The minimum atomic E-state index is 0.677. The lowest BCUT2D eigenvalue weighted by Crippen LogP contribution is -2.02. The van der Waals surface area contributed by atoms with Crippen LogP contribution in [0, 0.1) is 0 Å². The summed E-state index contributed by atoms with van der Waals surface area (Å²) in [6, 6.07) is 5.88. The van der Waals surface area contributed by atoms with Crippen molar-refractivity contribution >= 4 is 21.6 Å². The molecular weight excluding hydrogens is 204 g/mol. The van der Waals surface area contributed by atoms with Gasteiger partial charge in [0, 0.05) is 10.2 Å². The number of benzene rings is 1. The molecule has 1 aromatic carbocycles. The molecule has 0 bridgehead atoms. The maximum atomic E-state index is 5.61. The number of halogens is 1. The minimum absolute atomic E-state index is 0.677. The summed E-state index contributed by atoms with van der Waals surface area (Å²) in [5.41, 5.74) is 13.0. The zero-order valence-corrected chi connectivity index (χ0v) is 7.76. The van der Waals surface area contributed by atoms with E-state index in [0.29, 0.717) is 6.54 Å². The van der Waals surface area contributed by atoms with Gasteiger partial charge >= 0.3 is 0 Å². The van der Waals surface area contributed by atoms with Gasteiger partial charge in [-0.25, -0.2) is 0 Å². The van der Waals surface area contributed by atoms with Crippen LogP contribution in [-0.4, -0.2) is 6.54 Å². The summed E-state index contributed by atoms with van der Waals surface area (Å²) in [6.07, 6.45) is 0.902. The zero-order chi connectivity index (χ0) is 8.27. The Kier molecular flexibility index (Phi) is 2.91. The smallest absolute Gasteiger partial charge is 0.0458 e. The van der Waals surface area contributed by atoms with Crippen LogP contribution in [0.3, 0.4) is 0 Å². The van der Waals surface area contributed by atoms with Gasteiger partial charge in [0.2, 0.25) is 0 Å². The first-order valence-electron chi connectivity index (χ1n) is 3.48. The molecule has 1 rings (SSSR count). The summed E-state index contributed by atoms with van der Waals surface area (Å²) in [7, 11) is 0. The van der Waals surface area contributed by atoms with Crippen molar-refractivity contribution in [3.63, 3.8) is 0 Å². The van der Waals surface area contributed by atoms with Crippen LogP contribution < -0.4 is 11.5 Å². The van der Waals surface area contributed by atoms with Gasteiger partial charge in [0.15, 0.2) is 0 Å². The number of rotatable bonds is 2. The average Bonchev–Trinajstić information content (AvgIpc) is 1.98. The molecule has 0 unspecified atom stereocenters. The fraction of sp³-hybridized carbons (Fsp3) is 0.250. The van der Waals surface area contributed by atoms with E-state index in [-0.39, 0.29) is 0 Å². The monoisotopic (exact) mass is 214 g/mol. The second-order valence-electron chi connectivity index (χ2n) is 2.39. The van der Waals surface area contributed by atoms with Gasteiger partial charge < -0.3 is 11.5 Å². The third kappa shape index (κ3) is 2.20. The summed E-state index contributed by atoms with van der Waals surface area (Å²) in [6.45, 7) is 0.677. The van der Waals surface area contributed by atoms with Crippen molar-refractivity contribution in [3.8, 4) is 0 Å². The minimum Gasteiger partial charge on any atom is -0.398 e. The van der Waals surface area contributed by atoms with Crippen LogP contribution in [0.4, 0.5) is 5.69 Å². The molecule has 0 aliphatic carbocycles. The summed E-state index contributed by atoms with van der Waals surface area (Å²) < 4.78 is 0.948. The van der Waals surface area contributed by atoms with Crippen molar-refractivity contribution < 1.29 is 0 Å². The van der Waals surface area contributed by atoms with Gasteiger partial charge in [-0.05, 0) is 46.6 Å². The maximum Gasteiger partial charge on any atom is 0.0458 e. The molecule has 0 aliphatic heterocycles. The van der Waals surface area contributed by atoms with Crippen LogP contribution in [0.5, 0.6) is 0 Å². The van der Waals surface area contributed by atoms with Gasteiger partial charge in [0.1, 0.15) is 0 Å². The summed E-state index contributed by atoms with van der Waals surface area (Å²) in [4.78, 5) is 0. The molecule has 0 radical (unpaired) electrons. The standard InChI is InChI=1S/C8H11BrN2/c9-7-5-6(3-4-10)1-2-8(7)11/h1-2,5H,3-4,10-11H2. The number of hydrogen-bond acceptors (Lipinski definition) is 2. The third-order valence-electron chi connectivity index (χ3n) is 1.50. The number of nitrogens with two attached hydrogens (primary N) is 2. The molecule has 2 nitrogen and oxygen atoms in total. The molecule has 0 heterocycles. The Balaban J connectivity index is 2.86. The summed E-state index contributed by atoms with van der Waals surface area (Å²) >= 11 is 3.35. The molecule has 0 fully saturated rings. The molecule has 60 valence electrons. The van der Waals surface area contributed by atoms with Gasteiger partial charge in [0.25, 0.3) is 0 Å². The van der Waals surface area contributed by atoms with Gasteiger partial charge in [-0.15, -0.1) is 0 Å². The van der Waals surface area contributed by atoms with Crippen molar-refractivity contribution in [1.82, 2.24) is 0 Å². The fourth-order valence-electron chi connectivity index (χ4n) is 0.893. The molecular formula is C8H11BrN2. The van der Waals surface area contributed by atoms with Gasteiger partial charge in [-0.2, -0.15) is 0 Å². The molecule has 0 aromatic heterocycles. The van der Waals surface area contributed by atoms with Crippen LogP contribution >= 0.6 is 15.9 Å². The molecule has 0 atom stereocenters. The Morgan fingerprint density at radius 2 is 2.09 bits per heavy atom. The highest BCUT2D eigenvalue weighted by molar-refractivity contribution is 9.10. The van der Waals surface area contributed by atoms with E-state index in [1.807, 2.05) is 18.2 Å². The molecule has 11 heavy (non-hydrogen) atoms. The lowest BCUT2D eigenvalue weighted by Gasteiger charge is -2.01. The molecule has 0 aliphatic rings. The highest BCUT2D eigenvalue weighted by Gasteiger charge is 1.96. The first-order valence-corrected chi connectivity index (χ1v) is 4.27. The predicted octanol–water partition coefficient (Wildman–Crippen LogP) is 1.53. The Morgan fingerprint density at radius 3 is 2.64 bits per heavy atom. The van der Waals surface area contributed by atoms with Crippen LogP contribution in [-0.2, 0) is 6.42 Å². The van der Waals surface area contributed by atoms with E-state index >= 15 is 0 Å². The second kappa shape index (κ2) is 3.74. The Hall–Kier alpha value is -0.540. The van der Waals surface area contributed by atoms with Crippen molar-refractivity contribution in [2.45, 2.75) is 6.42 Å². The highest BCUT2D eigenvalue weighted by Crippen LogP contribution is 2.20. The Morgan fingerprint density at radius 1 is 1.36 bits per heavy atom. The first kappa shape index (κ1) is 8.56. The van der Waals surface area contributed by atoms with Crippen molar-refractivity contribution in [2.24, 2.45) is 5.73 Å². The van der Waals surface area contributed by atoms with Crippen LogP contribution in [0.1, 0.15) is 5.56 Å². The highest BCUT2D eigenvalue weighted by atomic mass is 79.9. The van der Waals surface area contributed by atoms with Gasteiger partial charge in [-0.3, -0.25) is 0 Å². The fourth-order valence-corrected chi connectivity index (χ4v) is 1.32. The van der Waals surface area contributed by atoms with E-state index in [0.717, 1.165) is 16.6 Å². The van der Waals surface area contributed by atoms with Crippen molar-refractivity contribution in [2.75, 3.05) is 12.3 Å². The largest absolute Gasteiger partial charge is 0.398 e. The molecule has 1 aromatic rings. The zero-order valence-electron chi connectivity index (χ0n) is 6.18. The van der Waals surface area contributed by atoms with Crippen LogP contribution in [0.2, 0.25) is 0 Å². The molecule has 3 heteroatoms. The number of anilines is 1. The van der Waals surface area contributed by atoms with Gasteiger partial charge in [0.05, 0.1) is 0 Å². The van der Waals surface area contributed by atoms with E-state index in [9.17, 15) is 0 Å². The topological polar surface area (TPSA) is 52.0 Å². The maximum absolute atomic E-state index is 5.61. The third-order valence-corrected chi connectivity index (χ3v) is 2.18. The quantitative estimate of drug-likeness (QED) is 0.735. The Bertz CT molecular complexity index is 248. The molecule has 0 amide bonds. The molecule has 0 spiro atoms. The lowest BCUT2D eigenvalue weighted by molar-refractivity contribution is 0.968. The van der Waals surface area contributed by atoms with Crippen LogP contribution in [0.25, 0.3) is 0 Å². The Labute approximate surface area is 74.7 Å². The van der Waals surface area contributed by atoms with E-state index in [2.05, 4.69) is 15.9 Å². The molecule has 0 saturated heterocycles. The van der Waals surface area contributed by atoms with E-state index in [1.54, 1.807) is 0 Å². The number of hydrogen-bond donors (Lipinski definition) is 2. The van der Waals surface area contributed by atoms with Gasteiger partial charge in [-0.1, -0.05) is 6.07 Å². The van der Waals surface area contributed by atoms with E-state index < -0.39 is 0 Å². The van der Waals surface area contributed by atoms with Crippen molar-refractivity contribution in [3.05, 3.63) is 28.2 Å². The second-order valence-corrected chi connectivity index (χ2v) is 3.25. The lowest BCUT2D eigenvalue weighted by atomic mass is 10.1. The first-order chi connectivity index (χ1) is 5.24. The average molecular weight is 215 g/mol. The van der Waals surface area contributed by atoms with Crippen molar-refractivity contribution in [1.29, 1.82) is 0 Å². The van der Waals surface area contributed by atoms with Crippen LogP contribution in [0.15, 0.2) is 22.7 Å². The summed E-state index contributed by atoms with van der Waals surface area (Å²) in [5, 5.41) is 0.